The average Bonchev–Trinajstić information content (AvgIpc) is 2.88. The van der Waals surface area contributed by atoms with Gasteiger partial charge in [0, 0.05) is 33.1 Å². The van der Waals surface area contributed by atoms with Crippen molar-refractivity contribution in [1.82, 2.24) is 9.80 Å². The number of hydrogen-bond donors (Lipinski definition) is 0. The van der Waals surface area contributed by atoms with Gasteiger partial charge in [-0.1, -0.05) is 13.3 Å². The summed E-state index contributed by atoms with van der Waals surface area (Å²) in [6, 6.07) is 0. The van der Waals surface area contributed by atoms with Crippen LogP contribution in [0.15, 0.2) is 12.4 Å². The first-order valence-electron chi connectivity index (χ1n) is 8.19. The number of carbonyl (C=O) groups is 1. The van der Waals surface area contributed by atoms with Crippen molar-refractivity contribution in [3.8, 4) is 0 Å². The second kappa shape index (κ2) is 12.2. The quantitative estimate of drug-likeness (QED) is 0.374. The van der Waals surface area contributed by atoms with Crippen LogP contribution in [0.25, 0.3) is 0 Å². The molecule has 0 N–H and O–H groups in total. The van der Waals surface area contributed by atoms with Crippen molar-refractivity contribution in [2.24, 2.45) is 0 Å². The SMILES string of the molecule is CCCCN1C=CN(C)C1OC(=O)CCOCCOCCOC. The van der Waals surface area contributed by atoms with Gasteiger partial charge in [0.15, 0.2) is 0 Å². The van der Waals surface area contributed by atoms with E-state index < -0.39 is 0 Å². The number of methoxy groups -OCH3 is 1. The number of nitrogens with zero attached hydrogens (tertiary/aromatic N) is 2. The zero-order valence-corrected chi connectivity index (χ0v) is 14.5. The maximum Gasteiger partial charge on any atom is 0.311 e. The third kappa shape index (κ3) is 8.20. The summed E-state index contributed by atoms with van der Waals surface area (Å²) in [6.07, 6.45) is 5.95. The Hall–Kier alpha value is -1.31. The van der Waals surface area contributed by atoms with Crippen LogP contribution < -0.4 is 0 Å². The van der Waals surface area contributed by atoms with Crippen molar-refractivity contribution in [2.45, 2.75) is 32.5 Å². The highest BCUT2D eigenvalue weighted by Gasteiger charge is 2.26. The van der Waals surface area contributed by atoms with Gasteiger partial charge in [-0.05, 0) is 6.42 Å². The van der Waals surface area contributed by atoms with Crippen LogP contribution >= 0.6 is 0 Å². The summed E-state index contributed by atoms with van der Waals surface area (Å²) in [5.41, 5.74) is 0. The number of unbranched alkanes of at least 4 members (excludes halogenated alkanes) is 1. The van der Waals surface area contributed by atoms with E-state index in [4.69, 9.17) is 18.9 Å². The summed E-state index contributed by atoms with van der Waals surface area (Å²) in [5.74, 6) is -0.257. The molecule has 0 aromatic heterocycles. The zero-order chi connectivity index (χ0) is 16.9. The minimum absolute atomic E-state index is 0.240. The predicted octanol–water partition coefficient (Wildman–Crippen LogP) is 1.40. The van der Waals surface area contributed by atoms with E-state index in [-0.39, 0.29) is 18.7 Å². The van der Waals surface area contributed by atoms with Crippen molar-refractivity contribution in [1.29, 1.82) is 0 Å². The Labute approximate surface area is 139 Å². The van der Waals surface area contributed by atoms with E-state index in [1.807, 2.05) is 29.2 Å². The Balaban J connectivity index is 2.10. The molecule has 7 nitrogen and oxygen atoms in total. The molecule has 0 aromatic rings. The van der Waals surface area contributed by atoms with E-state index in [2.05, 4.69) is 6.92 Å². The molecular formula is C16H30N2O5. The van der Waals surface area contributed by atoms with Gasteiger partial charge >= 0.3 is 5.97 Å². The fraction of sp³-hybridized carbons (Fsp3) is 0.812. The number of hydrogen-bond acceptors (Lipinski definition) is 7. The highest BCUT2D eigenvalue weighted by molar-refractivity contribution is 5.69. The number of rotatable bonds is 13. The summed E-state index contributed by atoms with van der Waals surface area (Å²) in [6.45, 7) is 5.44. The van der Waals surface area contributed by atoms with E-state index in [1.165, 1.54) is 0 Å². The van der Waals surface area contributed by atoms with Crippen LogP contribution in [0, 0.1) is 0 Å². The highest BCUT2D eigenvalue weighted by atomic mass is 16.6. The van der Waals surface area contributed by atoms with Crippen LogP contribution in [0.3, 0.4) is 0 Å². The van der Waals surface area contributed by atoms with Gasteiger partial charge in [0.2, 0.25) is 0 Å². The topological polar surface area (TPSA) is 60.5 Å². The van der Waals surface area contributed by atoms with Crippen molar-refractivity contribution in [3.63, 3.8) is 0 Å². The Bertz CT molecular complexity index is 351. The van der Waals surface area contributed by atoms with E-state index >= 15 is 0 Å². The first-order valence-corrected chi connectivity index (χ1v) is 8.19. The van der Waals surface area contributed by atoms with E-state index in [0.717, 1.165) is 19.4 Å². The first-order chi connectivity index (χ1) is 11.2. The van der Waals surface area contributed by atoms with Crippen LogP contribution in [0.1, 0.15) is 26.2 Å². The zero-order valence-electron chi connectivity index (χ0n) is 14.5. The molecule has 134 valence electrons. The van der Waals surface area contributed by atoms with Gasteiger partial charge in [-0.3, -0.25) is 4.79 Å². The molecule has 1 aliphatic heterocycles. The maximum absolute atomic E-state index is 11.9. The van der Waals surface area contributed by atoms with Crippen LogP contribution in [-0.4, -0.2) is 75.9 Å². The molecule has 1 atom stereocenters. The number of carbonyl (C=O) groups excluding carboxylic acids is 1. The highest BCUT2D eigenvalue weighted by Crippen LogP contribution is 2.16. The van der Waals surface area contributed by atoms with Crippen molar-refractivity contribution in [2.75, 3.05) is 53.7 Å². The monoisotopic (exact) mass is 330 g/mol. The van der Waals surface area contributed by atoms with E-state index in [1.54, 1.807) is 7.11 Å². The molecule has 0 saturated heterocycles. The number of ether oxygens (including phenoxy) is 4. The van der Waals surface area contributed by atoms with Crippen LogP contribution in [0.4, 0.5) is 0 Å². The molecule has 0 spiro atoms. The average molecular weight is 330 g/mol. The van der Waals surface area contributed by atoms with Crippen molar-refractivity contribution >= 4 is 5.97 Å². The normalized spacial score (nSPS) is 17.1. The second-order valence-corrected chi connectivity index (χ2v) is 5.34. The van der Waals surface area contributed by atoms with E-state index in [9.17, 15) is 4.79 Å². The molecule has 7 heteroatoms. The Kier molecular flexibility index (Phi) is 10.4. The molecule has 1 unspecified atom stereocenters. The van der Waals surface area contributed by atoms with Crippen LogP contribution in [0.2, 0.25) is 0 Å². The first kappa shape index (κ1) is 19.7. The van der Waals surface area contributed by atoms with E-state index in [0.29, 0.717) is 33.0 Å². The number of esters is 1. The Morgan fingerprint density at radius 2 is 1.78 bits per heavy atom. The smallest absolute Gasteiger partial charge is 0.311 e. The van der Waals surface area contributed by atoms with Gasteiger partial charge < -0.3 is 28.7 Å². The van der Waals surface area contributed by atoms with Crippen LogP contribution in [0.5, 0.6) is 0 Å². The molecule has 1 rings (SSSR count). The minimum Gasteiger partial charge on any atom is -0.422 e. The molecule has 23 heavy (non-hydrogen) atoms. The lowest BCUT2D eigenvalue weighted by atomic mass is 10.3. The van der Waals surface area contributed by atoms with Gasteiger partial charge in [-0.2, -0.15) is 0 Å². The summed E-state index contributed by atoms with van der Waals surface area (Å²) in [7, 11) is 3.53. The fourth-order valence-electron chi connectivity index (χ4n) is 2.04. The summed E-state index contributed by atoms with van der Waals surface area (Å²) in [5, 5.41) is 0. The summed E-state index contributed by atoms with van der Waals surface area (Å²) < 4.78 is 21.0. The van der Waals surface area contributed by atoms with Gasteiger partial charge in [-0.25, -0.2) is 0 Å². The lowest BCUT2D eigenvalue weighted by Gasteiger charge is -2.29. The Morgan fingerprint density at radius 1 is 1.09 bits per heavy atom. The molecule has 0 aromatic carbocycles. The summed E-state index contributed by atoms with van der Waals surface area (Å²) >= 11 is 0. The molecule has 0 radical (unpaired) electrons. The lowest BCUT2D eigenvalue weighted by molar-refractivity contribution is -0.168. The standard InChI is InChI=1S/C16H30N2O5/c1-4-5-7-18-9-8-17(2)16(18)23-15(19)6-10-21-13-14-22-12-11-20-3/h8-9,16H,4-7,10-14H2,1-3H3. The maximum atomic E-state index is 11.9. The van der Waals surface area contributed by atoms with Gasteiger partial charge in [-0.15, -0.1) is 0 Å². The molecule has 0 saturated carbocycles. The summed E-state index contributed by atoms with van der Waals surface area (Å²) in [4.78, 5) is 15.8. The Morgan fingerprint density at radius 3 is 2.48 bits per heavy atom. The molecule has 0 fully saturated rings. The van der Waals surface area contributed by atoms with Gasteiger partial charge in [0.25, 0.3) is 6.35 Å². The molecule has 0 bridgehead atoms. The van der Waals surface area contributed by atoms with Gasteiger partial charge in [0.05, 0.1) is 39.5 Å². The molecule has 1 aliphatic rings. The second-order valence-electron chi connectivity index (χ2n) is 5.34. The van der Waals surface area contributed by atoms with Gasteiger partial charge in [0.1, 0.15) is 0 Å². The molecular weight excluding hydrogens is 300 g/mol. The molecule has 1 heterocycles. The third-order valence-corrected chi connectivity index (χ3v) is 3.39. The van der Waals surface area contributed by atoms with Crippen LogP contribution in [-0.2, 0) is 23.7 Å². The minimum atomic E-state index is -0.341. The van der Waals surface area contributed by atoms with Crippen molar-refractivity contribution in [3.05, 3.63) is 12.4 Å². The molecule has 0 aliphatic carbocycles. The molecule has 0 amide bonds. The largest absolute Gasteiger partial charge is 0.422 e. The fourth-order valence-corrected chi connectivity index (χ4v) is 2.04. The van der Waals surface area contributed by atoms with Crippen molar-refractivity contribution < 1.29 is 23.7 Å². The third-order valence-electron chi connectivity index (χ3n) is 3.39. The lowest BCUT2D eigenvalue weighted by Crippen LogP contribution is -2.41. The predicted molar refractivity (Wildman–Crippen MR) is 86.5 cm³/mol.